The first-order valence-corrected chi connectivity index (χ1v) is 10.9. The molecule has 0 spiro atoms. The van der Waals surface area contributed by atoms with E-state index >= 15 is 0 Å². The van der Waals surface area contributed by atoms with Crippen molar-refractivity contribution in [3.8, 4) is 22.4 Å². The van der Waals surface area contributed by atoms with Crippen LogP contribution in [0.4, 0.5) is 32.0 Å². The third-order valence-corrected chi connectivity index (χ3v) is 5.73. The second-order valence-corrected chi connectivity index (χ2v) is 8.18. The molecule has 0 aliphatic carbocycles. The van der Waals surface area contributed by atoms with Crippen LogP contribution in [0.5, 0.6) is 0 Å². The lowest BCUT2D eigenvalue weighted by Crippen LogP contribution is -2.23. The summed E-state index contributed by atoms with van der Waals surface area (Å²) in [5.41, 5.74) is -1.20. The van der Waals surface area contributed by atoms with Crippen molar-refractivity contribution in [1.82, 2.24) is 10.3 Å². The first-order chi connectivity index (χ1) is 17.9. The Morgan fingerprint density at radius 1 is 0.842 bits per heavy atom. The van der Waals surface area contributed by atoms with Gasteiger partial charge in [-0.15, -0.1) is 0 Å². The highest BCUT2D eigenvalue weighted by Crippen LogP contribution is 2.40. The zero-order chi connectivity index (χ0) is 27.7. The van der Waals surface area contributed by atoms with Crippen molar-refractivity contribution >= 4 is 11.6 Å². The lowest BCUT2D eigenvalue weighted by molar-refractivity contribution is -0.384. The van der Waals surface area contributed by atoms with Crippen LogP contribution in [-0.2, 0) is 18.9 Å². The van der Waals surface area contributed by atoms with Crippen LogP contribution >= 0.6 is 0 Å². The number of H-pyrrole nitrogens is 1. The number of alkyl halides is 6. The highest BCUT2D eigenvalue weighted by Gasteiger charge is 2.31. The molecule has 0 atom stereocenters. The van der Waals surface area contributed by atoms with E-state index in [4.69, 9.17) is 0 Å². The molecule has 0 radical (unpaired) electrons. The smallest absolute Gasteiger partial charge is 0.360 e. The van der Waals surface area contributed by atoms with Gasteiger partial charge in [-0.1, -0.05) is 36.4 Å². The molecule has 2 N–H and O–H groups in total. The molecule has 1 amide bonds. The molecule has 0 aliphatic rings. The maximum atomic E-state index is 13.1. The Kier molecular flexibility index (Phi) is 6.99. The SMILES string of the molecule is O=C(NCc1ccc(C(F)(F)F)cc1)c1c[nH]c(-c2ccc(C(F)(F)F)cc2)c1-c1ccccc1[N+](=O)[O-]. The average molecular weight is 533 g/mol. The third kappa shape index (κ3) is 5.53. The maximum Gasteiger partial charge on any atom is 0.416 e. The predicted molar refractivity (Wildman–Crippen MR) is 126 cm³/mol. The molecular weight excluding hydrogens is 516 g/mol. The monoisotopic (exact) mass is 533 g/mol. The Balaban J connectivity index is 1.72. The molecule has 0 unspecified atom stereocenters. The van der Waals surface area contributed by atoms with Crippen LogP contribution in [-0.4, -0.2) is 15.8 Å². The summed E-state index contributed by atoms with van der Waals surface area (Å²) in [6.45, 7) is -0.145. The number of para-hydroxylation sites is 1. The number of nitro groups is 1. The van der Waals surface area contributed by atoms with Gasteiger partial charge in [-0.3, -0.25) is 14.9 Å². The van der Waals surface area contributed by atoms with Crippen molar-refractivity contribution in [3.05, 3.63) is 111 Å². The summed E-state index contributed by atoms with van der Waals surface area (Å²) in [7, 11) is 0. The number of carbonyl (C=O) groups excluding carboxylic acids is 1. The molecule has 0 saturated heterocycles. The molecule has 12 heteroatoms. The molecule has 4 rings (SSSR count). The van der Waals surface area contributed by atoms with Crippen molar-refractivity contribution in [3.63, 3.8) is 0 Å². The summed E-state index contributed by atoms with van der Waals surface area (Å²) < 4.78 is 77.5. The van der Waals surface area contributed by atoms with Crippen LogP contribution in [0.1, 0.15) is 27.0 Å². The average Bonchev–Trinajstić information content (AvgIpc) is 3.31. The van der Waals surface area contributed by atoms with Gasteiger partial charge in [0.05, 0.1) is 32.9 Å². The van der Waals surface area contributed by atoms with Gasteiger partial charge >= 0.3 is 12.4 Å². The quantitative estimate of drug-likeness (QED) is 0.156. The minimum absolute atomic E-state index is 0.0406. The lowest BCUT2D eigenvalue weighted by atomic mass is 9.95. The minimum Gasteiger partial charge on any atom is -0.360 e. The van der Waals surface area contributed by atoms with E-state index in [1.165, 1.54) is 54.7 Å². The van der Waals surface area contributed by atoms with Gasteiger partial charge in [-0.05, 0) is 41.5 Å². The largest absolute Gasteiger partial charge is 0.416 e. The summed E-state index contributed by atoms with van der Waals surface area (Å²) in [5.74, 6) is -0.701. The number of aromatic amines is 1. The Morgan fingerprint density at radius 3 is 1.95 bits per heavy atom. The molecular formula is C26H17F6N3O3. The highest BCUT2D eigenvalue weighted by molar-refractivity contribution is 6.05. The number of amides is 1. The molecule has 6 nitrogen and oxygen atoms in total. The van der Waals surface area contributed by atoms with Gasteiger partial charge < -0.3 is 10.3 Å². The fourth-order valence-electron chi connectivity index (χ4n) is 3.87. The Bertz CT molecular complexity index is 1470. The van der Waals surface area contributed by atoms with Crippen LogP contribution in [0.3, 0.4) is 0 Å². The molecule has 1 aromatic heterocycles. The number of nitrogens with one attached hydrogen (secondary N) is 2. The second-order valence-electron chi connectivity index (χ2n) is 8.18. The van der Waals surface area contributed by atoms with E-state index in [1.807, 2.05) is 0 Å². The van der Waals surface area contributed by atoms with E-state index in [2.05, 4.69) is 10.3 Å². The standard InChI is InChI=1S/C26H17F6N3O3/c27-25(28,29)17-9-5-15(6-10-17)13-34-24(36)20-14-33-23(16-7-11-18(12-8-16)26(30,31)32)22(20)19-3-1-2-4-21(19)35(37)38/h1-12,14,33H,13H2,(H,34,36). The number of hydrogen-bond acceptors (Lipinski definition) is 3. The van der Waals surface area contributed by atoms with E-state index in [0.717, 1.165) is 24.3 Å². The highest BCUT2D eigenvalue weighted by atomic mass is 19.4. The number of rotatable bonds is 6. The van der Waals surface area contributed by atoms with E-state index in [-0.39, 0.29) is 40.2 Å². The molecule has 0 fully saturated rings. The first-order valence-electron chi connectivity index (χ1n) is 10.9. The number of hydrogen-bond donors (Lipinski definition) is 2. The van der Waals surface area contributed by atoms with Crippen LogP contribution in [0.2, 0.25) is 0 Å². The third-order valence-electron chi connectivity index (χ3n) is 5.73. The van der Waals surface area contributed by atoms with Crippen molar-refractivity contribution in [1.29, 1.82) is 0 Å². The van der Waals surface area contributed by atoms with E-state index in [1.54, 1.807) is 0 Å². The Labute approximate surface area is 211 Å². The number of carbonyl (C=O) groups is 1. The summed E-state index contributed by atoms with van der Waals surface area (Å²) in [6, 6.07) is 13.8. The zero-order valence-electron chi connectivity index (χ0n) is 19.2. The molecule has 3 aromatic carbocycles. The molecule has 0 bridgehead atoms. The van der Waals surface area contributed by atoms with Crippen molar-refractivity contribution in [2.75, 3.05) is 0 Å². The molecule has 0 aliphatic heterocycles. The predicted octanol–water partition coefficient (Wildman–Crippen LogP) is 7.22. The molecule has 0 saturated carbocycles. The summed E-state index contributed by atoms with van der Waals surface area (Å²) in [4.78, 5) is 27.0. The normalized spacial score (nSPS) is 11.8. The summed E-state index contributed by atoms with van der Waals surface area (Å²) >= 11 is 0. The number of aromatic nitrogens is 1. The van der Waals surface area contributed by atoms with E-state index < -0.39 is 34.3 Å². The van der Waals surface area contributed by atoms with Crippen molar-refractivity contribution in [2.24, 2.45) is 0 Å². The van der Waals surface area contributed by atoms with E-state index in [0.29, 0.717) is 5.56 Å². The van der Waals surface area contributed by atoms with Gasteiger partial charge in [-0.25, -0.2) is 0 Å². The number of halogens is 6. The molecule has 38 heavy (non-hydrogen) atoms. The van der Waals surface area contributed by atoms with Gasteiger partial charge in [0.25, 0.3) is 11.6 Å². The Hall–Kier alpha value is -4.61. The van der Waals surface area contributed by atoms with Gasteiger partial charge in [0.2, 0.25) is 0 Å². The number of benzene rings is 3. The molecule has 4 aromatic rings. The molecule has 1 heterocycles. The minimum atomic E-state index is -4.57. The lowest BCUT2D eigenvalue weighted by Gasteiger charge is -2.11. The van der Waals surface area contributed by atoms with Gasteiger partial charge in [0.15, 0.2) is 0 Å². The van der Waals surface area contributed by atoms with E-state index in [9.17, 15) is 41.3 Å². The Morgan fingerprint density at radius 2 is 1.39 bits per heavy atom. The summed E-state index contributed by atoms with van der Waals surface area (Å²) in [6.07, 6.45) is -7.82. The number of nitrogens with zero attached hydrogens (tertiary/aromatic N) is 1. The van der Waals surface area contributed by atoms with Gasteiger partial charge in [0.1, 0.15) is 0 Å². The first kappa shape index (κ1) is 26.5. The zero-order valence-corrected chi connectivity index (χ0v) is 19.2. The van der Waals surface area contributed by atoms with Crippen LogP contribution < -0.4 is 5.32 Å². The van der Waals surface area contributed by atoms with Crippen molar-refractivity contribution < 1.29 is 36.1 Å². The van der Waals surface area contributed by atoms with Crippen molar-refractivity contribution in [2.45, 2.75) is 18.9 Å². The van der Waals surface area contributed by atoms with Crippen LogP contribution in [0, 0.1) is 10.1 Å². The van der Waals surface area contributed by atoms with Crippen LogP contribution in [0.25, 0.3) is 22.4 Å². The second kappa shape index (κ2) is 10.0. The van der Waals surface area contributed by atoms with Gasteiger partial charge in [0, 0.05) is 24.4 Å². The van der Waals surface area contributed by atoms with Crippen LogP contribution in [0.15, 0.2) is 79.0 Å². The molecule has 196 valence electrons. The summed E-state index contributed by atoms with van der Waals surface area (Å²) in [5, 5.41) is 14.3. The topological polar surface area (TPSA) is 88.0 Å². The number of nitro benzene ring substituents is 1. The maximum absolute atomic E-state index is 13.1. The fourth-order valence-corrected chi connectivity index (χ4v) is 3.87. The fraction of sp³-hybridized carbons (Fsp3) is 0.115. The van der Waals surface area contributed by atoms with Gasteiger partial charge in [-0.2, -0.15) is 26.3 Å².